The molecule has 1 aromatic rings. The molecule has 0 aliphatic carbocycles. The van der Waals surface area contributed by atoms with E-state index in [9.17, 15) is 5.11 Å². The Hall–Kier alpha value is -0.710. The highest BCUT2D eigenvalue weighted by Crippen LogP contribution is 2.37. The lowest BCUT2D eigenvalue weighted by Gasteiger charge is -2.24. The second kappa shape index (κ2) is 6.64. The van der Waals surface area contributed by atoms with Gasteiger partial charge in [0, 0.05) is 17.8 Å². The van der Waals surface area contributed by atoms with Gasteiger partial charge in [0.15, 0.2) is 0 Å². The van der Waals surface area contributed by atoms with Crippen LogP contribution >= 0.6 is 11.8 Å². The SMILES string of the molecule is COc1cccc(C(O)CNCC2(C)CCCS2)c1. The third-order valence-electron chi connectivity index (χ3n) is 3.62. The Morgan fingerprint density at radius 3 is 3.05 bits per heavy atom. The normalized spacial score (nSPS) is 24.4. The highest BCUT2D eigenvalue weighted by atomic mass is 32.2. The molecular formula is C15H23NO2S. The van der Waals surface area contributed by atoms with Gasteiger partial charge in [-0.1, -0.05) is 12.1 Å². The summed E-state index contributed by atoms with van der Waals surface area (Å²) in [7, 11) is 1.64. The Kier molecular flexibility index (Phi) is 5.13. The van der Waals surface area contributed by atoms with Gasteiger partial charge in [-0.15, -0.1) is 0 Å². The van der Waals surface area contributed by atoms with E-state index in [0.29, 0.717) is 11.3 Å². The van der Waals surface area contributed by atoms with Crippen LogP contribution in [0.5, 0.6) is 5.75 Å². The summed E-state index contributed by atoms with van der Waals surface area (Å²) in [5, 5.41) is 13.6. The third kappa shape index (κ3) is 4.13. The van der Waals surface area contributed by atoms with E-state index in [1.54, 1.807) is 7.11 Å². The topological polar surface area (TPSA) is 41.5 Å². The monoisotopic (exact) mass is 281 g/mol. The van der Waals surface area contributed by atoms with Gasteiger partial charge in [-0.25, -0.2) is 0 Å². The minimum Gasteiger partial charge on any atom is -0.497 e. The fourth-order valence-electron chi connectivity index (χ4n) is 2.42. The average molecular weight is 281 g/mol. The average Bonchev–Trinajstić information content (AvgIpc) is 2.85. The molecule has 1 saturated heterocycles. The fraction of sp³-hybridized carbons (Fsp3) is 0.600. The van der Waals surface area contributed by atoms with E-state index >= 15 is 0 Å². The van der Waals surface area contributed by atoms with Crippen molar-refractivity contribution in [1.29, 1.82) is 0 Å². The summed E-state index contributed by atoms with van der Waals surface area (Å²) >= 11 is 2.03. The Morgan fingerprint density at radius 2 is 2.37 bits per heavy atom. The van der Waals surface area contributed by atoms with E-state index in [4.69, 9.17) is 4.74 Å². The number of aliphatic hydroxyl groups is 1. The van der Waals surface area contributed by atoms with Gasteiger partial charge in [0.05, 0.1) is 13.2 Å². The Labute approximate surface area is 119 Å². The predicted molar refractivity (Wildman–Crippen MR) is 80.9 cm³/mol. The van der Waals surface area contributed by atoms with Crippen LogP contribution in [0, 0.1) is 0 Å². The molecule has 0 spiro atoms. The minimum atomic E-state index is -0.481. The molecule has 1 aliphatic heterocycles. The van der Waals surface area contributed by atoms with E-state index < -0.39 is 6.10 Å². The van der Waals surface area contributed by atoms with Crippen LogP contribution in [0.25, 0.3) is 0 Å². The maximum atomic E-state index is 10.2. The van der Waals surface area contributed by atoms with Crippen LogP contribution in [-0.4, -0.2) is 35.8 Å². The fourth-order valence-corrected chi connectivity index (χ4v) is 3.69. The van der Waals surface area contributed by atoms with Crippen LogP contribution in [0.2, 0.25) is 0 Å². The molecule has 0 amide bonds. The molecule has 2 atom stereocenters. The lowest BCUT2D eigenvalue weighted by molar-refractivity contribution is 0.173. The maximum Gasteiger partial charge on any atom is 0.119 e. The second-order valence-electron chi connectivity index (χ2n) is 5.33. The molecule has 2 unspecified atom stereocenters. The highest BCUT2D eigenvalue weighted by Gasteiger charge is 2.28. The number of thioether (sulfide) groups is 1. The smallest absolute Gasteiger partial charge is 0.119 e. The largest absolute Gasteiger partial charge is 0.497 e. The number of rotatable bonds is 6. The van der Waals surface area contributed by atoms with E-state index in [0.717, 1.165) is 17.9 Å². The molecule has 0 radical (unpaired) electrons. The van der Waals surface area contributed by atoms with Crippen LogP contribution in [0.15, 0.2) is 24.3 Å². The summed E-state index contributed by atoms with van der Waals surface area (Å²) in [5.41, 5.74) is 0.899. The van der Waals surface area contributed by atoms with Gasteiger partial charge in [0.1, 0.15) is 5.75 Å². The van der Waals surface area contributed by atoms with Crippen molar-refractivity contribution < 1.29 is 9.84 Å². The lowest BCUT2D eigenvalue weighted by Crippen LogP contribution is -2.35. The molecule has 4 heteroatoms. The molecule has 106 valence electrons. The third-order valence-corrected chi connectivity index (χ3v) is 5.15. The number of nitrogens with one attached hydrogen (secondary N) is 1. The maximum absolute atomic E-state index is 10.2. The Bertz CT molecular complexity index is 405. The van der Waals surface area contributed by atoms with Crippen LogP contribution in [0.4, 0.5) is 0 Å². The van der Waals surface area contributed by atoms with Crippen LogP contribution in [0.1, 0.15) is 31.4 Å². The number of hydrogen-bond donors (Lipinski definition) is 2. The molecule has 0 bridgehead atoms. The van der Waals surface area contributed by atoms with Crippen molar-refractivity contribution in [2.75, 3.05) is 26.0 Å². The van der Waals surface area contributed by atoms with Gasteiger partial charge in [-0.2, -0.15) is 11.8 Å². The van der Waals surface area contributed by atoms with Crippen LogP contribution in [0.3, 0.4) is 0 Å². The molecule has 1 heterocycles. The summed E-state index contributed by atoms with van der Waals surface area (Å²) in [6.45, 7) is 3.84. The zero-order valence-electron chi connectivity index (χ0n) is 11.7. The molecule has 3 nitrogen and oxygen atoms in total. The Balaban J connectivity index is 1.81. The molecule has 2 rings (SSSR count). The van der Waals surface area contributed by atoms with E-state index in [1.165, 1.54) is 18.6 Å². The predicted octanol–water partition coefficient (Wildman–Crippen LogP) is 2.60. The first kappa shape index (κ1) is 14.7. The molecule has 1 fully saturated rings. The van der Waals surface area contributed by atoms with Crippen molar-refractivity contribution in [3.8, 4) is 5.75 Å². The van der Waals surface area contributed by atoms with Crippen LogP contribution in [-0.2, 0) is 0 Å². The van der Waals surface area contributed by atoms with Gasteiger partial charge in [0.25, 0.3) is 0 Å². The molecule has 0 aromatic heterocycles. The van der Waals surface area contributed by atoms with Gasteiger partial charge >= 0.3 is 0 Å². The molecule has 1 aromatic carbocycles. The molecule has 1 aliphatic rings. The summed E-state index contributed by atoms with van der Waals surface area (Å²) < 4.78 is 5.51. The molecule has 0 saturated carbocycles. The lowest BCUT2D eigenvalue weighted by atomic mass is 10.1. The summed E-state index contributed by atoms with van der Waals surface area (Å²) in [6, 6.07) is 7.62. The highest BCUT2D eigenvalue weighted by molar-refractivity contribution is 8.00. The van der Waals surface area contributed by atoms with E-state index in [1.807, 2.05) is 36.0 Å². The molecule has 19 heavy (non-hydrogen) atoms. The first-order valence-corrected chi connectivity index (χ1v) is 7.78. The van der Waals surface area contributed by atoms with Crippen molar-refractivity contribution >= 4 is 11.8 Å². The van der Waals surface area contributed by atoms with Crippen LogP contribution < -0.4 is 10.1 Å². The van der Waals surface area contributed by atoms with Gasteiger partial charge in [-0.05, 0) is 43.2 Å². The quantitative estimate of drug-likeness (QED) is 0.841. The van der Waals surface area contributed by atoms with E-state index in [2.05, 4.69) is 12.2 Å². The van der Waals surface area contributed by atoms with Gasteiger partial charge in [0.2, 0.25) is 0 Å². The zero-order valence-corrected chi connectivity index (χ0v) is 12.5. The van der Waals surface area contributed by atoms with Crippen molar-refractivity contribution in [3.63, 3.8) is 0 Å². The zero-order chi connectivity index (χ0) is 13.7. The molecule has 2 N–H and O–H groups in total. The van der Waals surface area contributed by atoms with Crippen molar-refractivity contribution in [1.82, 2.24) is 5.32 Å². The van der Waals surface area contributed by atoms with Crippen molar-refractivity contribution in [2.45, 2.75) is 30.6 Å². The van der Waals surface area contributed by atoms with Crippen molar-refractivity contribution in [3.05, 3.63) is 29.8 Å². The van der Waals surface area contributed by atoms with Gasteiger partial charge in [-0.3, -0.25) is 0 Å². The number of methoxy groups -OCH3 is 1. The second-order valence-corrected chi connectivity index (χ2v) is 7.01. The van der Waals surface area contributed by atoms with Crippen molar-refractivity contribution in [2.24, 2.45) is 0 Å². The summed E-state index contributed by atoms with van der Waals surface area (Å²) in [6.07, 6.45) is 2.09. The molecular weight excluding hydrogens is 258 g/mol. The Morgan fingerprint density at radius 1 is 1.53 bits per heavy atom. The minimum absolute atomic E-state index is 0.341. The number of benzene rings is 1. The summed E-state index contributed by atoms with van der Waals surface area (Å²) in [5.74, 6) is 2.05. The number of ether oxygens (including phenoxy) is 1. The number of hydrogen-bond acceptors (Lipinski definition) is 4. The van der Waals surface area contributed by atoms with Gasteiger partial charge < -0.3 is 15.2 Å². The standard InChI is InChI=1S/C15H23NO2S/c1-15(7-4-8-19-15)11-16-10-14(17)12-5-3-6-13(9-12)18-2/h3,5-6,9,14,16-17H,4,7-8,10-11H2,1-2H3. The summed E-state index contributed by atoms with van der Waals surface area (Å²) in [4.78, 5) is 0. The van der Waals surface area contributed by atoms with E-state index in [-0.39, 0.29) is 0 Å². The first-order valence-electron chi connectivity index (χ1n) is 6.80. The number of aliphatic hydroxyl groups excluding tert-OH is 1. The first-order chi connectivity index (χ1) is 9.13.